The average molecular weight is 806 g/mol. The van der Waals surface area contributed by atoms with Crippen molar-refractivity contribution in [3.63, 3.8) is 0 Å². The number of fused-ring (bicyclic) bond motifs is 11. The number of benzene rings is 8. The van der Waals surface area contributed by atoms with E-state index in [2.05, 4.69) is 30.3 Å². The fourth-order valence-electron chi connectivity index (χ4n) is 8.03. The lowest BCUT2D eigenvalue weighted by molar-refractivity contribution is -0.0500. The normalized spacial score (nSPS) is 12.5. The molecule has 0 spiro atoms. The molecule has 6 nitrogen and oxygen atoms in total. The number of hydrogen-bond acceptors (Lipinski definition) is 7. The van der Waals surface area contributed by atoms with Crippen LogP contribution in [0.5, 0.6) is 5.75 Å². The van der Waals surface area contributed by atoms with Crippen LogP contribution in [0.25, 0.3) is 85.9 Å². The first kappa shape index (κ1) is 34.4. The quantitative estimate of drug-likeness (QED) is 0.123. The summed E-state index contributed by atoms with van der Waals surface area (Å²) in [4.78, 5) is 1.79. The average Bonchev–Trinajstić information content (AvgIpc) is 3.91. The van der Waals surface area contributed by atoms with Crippen LogP contribution in [0.4, 0.5) is 30.2 Å². The predicted octanol–water partition coefficient (Wildman–Crippen LogP) is 14.4. The Hall–Kier alpha value is -6.82. The van der Waals surface area contributed by atoms with Crippen molar-refractivity contribution >= 4 is 113 Å². The maximum absolute atomic E-state index is 13.9. The molecule has 11 aromatic rings. The molecule has 58 heavy (non-hydrogen) atoms. The third kappa shape index (κ3) is 5.34. The van der Waals surface area contributed by atoms with E-state index in [0.29, 0.717) is 44.5 Å². The van der Waals surface area contributed by atoms with Crippen molar-refractivity contribution in [2.24, 2.45) is 0 Å². The van der Waals surface area contributed by atoms with E-state index >= 15 is 0 Å². The van der Waals surface area contributed by atoms with Crippen molar-refractivity contribution in [1.82, 2.24) is 0 Å². The first-order valence-electron chi connectivity index (χ1n) is 18.2. The zero-order chi connectivity index (χ0) is 39.3. The number of anilines is 3. The Morgan fingerprint density at radius 1 is 0.534 bits per heavy atom. The van der Waals surface area contributed by atoms with E-state index < -0.39 is 21.4 Å². The van der Waals surface area contributed by atoms with E-state index in [1.807, 2.05) is 115 Å². The maximum atomic E-state index is 13.9. The number of para-hydroxylation sites is 2. The van der Waals surface area contributed by atoms with Gasteiger partial charge >= 0.3 is 15.6 Å². The number of rotatable bonds is 6. The monoisotopic (exact) mass is 805 g/mol. The molecule has 3 aromatic heterocycles. The molecular weight excluding hydrogens is 780 g/mol. The topological polar surface area (TPSA) is 72.9 Å². The van der Waals surface area contributed by atoms with Crippen LogP contribution in [0.3, 0.4) is 0 Å². The van der Waals surface area contributed by atoms with Crippen LogP contribution in [0.1, 0.15) is 0 Å². The van der Waals surface area contributed by atoms with Gasteiger partial charge in [0.15, 0.2) is 5.58 Å². The van der Waals surface area contributed by atoms with Gasteiger partial charge in [0.2, 0.25) is 0 Å². The van der Waals surface area contributed by atoms with Gasteiger partial charge < -0.3 is 17.9 Å². The second-order valence-electron chi connectivity index (χ2n) is 14.0. The number of furan rings is 2. The fraction of sp³-hybridized carbons (Fsp3) is 0.0213. The van der Waals surface area contributed by atoms with Crippen LogP contribution in [-0.4, -0.2) is 13.9 Å². The molecule has 0 atom stereocenters. The standard InChI is InChI=1S/C47H26F3NO5S2/c48-47(49,50)58(52,53)56-30-24-38-37-22-27(36-26-39-34-14-7-9-17-44(34)57-46(39)35-15-5-4-12-31(35)36)18-21-42(37)55-45(38)40(25-30)51(28-10-2-1-3-11-28)29-19-20-33-32-13-6-8-16-41(32)54-43(33)23-29/h1-26H. The second-order valence-corrected chi connectivity index (χ2v) is 16.6. The highest BCUT2D eigenvalue weighted by molar-refractivity contribution is 7.88. The zero-order valence-corrected chi connectivity index (χ0v) is 31.6. The molecule has 3 heterocycles. The summed E-state index contributed by atoms with van der Waals surface area (Å²) in [7, 11) is -6.04. The minimum atomic E-state index is -6.04. The van der Waals surface area contributed by atoms with Gasteiger partial charge in [0.05, 0.1) is 11.4 Å². The molecule has 0 N–H and O–H groups in total. The van der Waals surface area contributed by atoms with Crippen LogP contribution in [0.15, 0.2) is 167 Å². The molecule has 11 rings (SSSR count). The lowest BCUT2D eigenvalue weighted by Crippen LogP contribution is -2.28. The van der Waals surface area contributed by atoms with E-state index in [0.717, 1.165) is 43.4 Å². The summed E-state index contributed by atoms with van der Waals surface area (Å²) in [5.74, 6) is -0.532. The SMILES string of the molecule is O=S(=O)(Oc1cc(N(c2ccccc2)c2ccc3c(c2)oc2ccccc23)c2oc3ccc(-c4cc5c6ccccc6sc5c5ccccc45)cc3c2c1)C(F)(F)F. The molecular formula is C47H26F3NO5S2. The molecule has 0 aliphatic rings. The van der Waals surface area contributed by atoms with Crippen LogP contribution in [0.2, 0.25) is 0 Å². The molecule has 0 fully saturated rings. The van der Waals surface area contributed by atoms with Crippen LogP contribution < -0.4 is 9.08 Å². The molecule has 0 aliphatic carbocycles. The summed E-state index contributed by atoms with van der Waals surface area (Å²) in [5, 5.41) is 7.11. The van der Waals surface area contributed by atoms with Gasteiger partial charge in [-0.1, -0.05) is 84.9 Å². The van der Waals surface area contributed by atoms with Gasteiger partial charge in [0, 0.05) is 64.9 Å². The third-order valence-corrected chi connectivity index (χ3v) is 12.8. The summed E-state index contributed by atoms with van der Waals surface area (Å²) in [6, 6.07) is 49.4. The molecule has 282 valence electrons. The van der Waals surface area contributed by atoms with Gasteiger partial charge in [-0.05, 0) is 77.2 Å². The molecule has 8 aromatic carbocycles. The Labute approximate surface area is 331 Å². The summed E-state index contributed by atoms with van der Waals surface area (Å²) < 4.78 is 86.7. The number of hydrogen-bond donors (Lipinski definition) is 0. The fourth-order valence-corrected chi connectivity index (χ4v) is 9.70. The Balaban J connectivity index is 1.18. The highest BCUT2D eigenvalue weighted by Crippen LogP contribution is 2.48. The maximum Gasteiger partial charge on any atom is 0.534 e. The minimum absolute atomic E-state index is 0.251. The predicted molar refractivity (Wildman–Crippen MR) is 227 cm³/mol. The summed E-state index contributed by atoms with van der Waals surface area (Å²) >= 11 is 1.74. The van der Waals surface area contributed by atoms with Crippen molar-refractivity contribution in [1.29, 1.82) is 0 Å². The second kappa shape index (κ2) is 12.6. The summed E-state index contributed by atoms with van der Waals surface area (Å²) in [6.45, 7) is 0. The molecule has 0 amide bonds. The van der Waals surface area contributed by atoms with Crippen LogP contribution in [0, 0.1) is 0 Å². The van der Waals surface area contributed by atoms with E-state index in [9.17, 15) is 21.6 Å². The lowest BCUT2D eigenvalue weighted by Gasteiger charge is -2.26. The van der Waals surface area contributed by atoms with Gasteiger partial charge in [0.25, 0.3) is 0 Å². The van der Waals surface area contributed by atoms with E-state index in [-0.39, 0.29) is 5.69 Å². The molecule has 0 unspecified atom stereocenters. The number of alkyl halides is 3. The van der Waals surface area contributed by atoms with Gasteiger partial charge in [-0.15, -0.1) is 11.3 Å². The van der Waals surface area contributed by atoms with Crippen LogP contribution in [-0.2, 0) is 10.1 Å². The Kier molecular flexibility index (Phi) is 7.47. The molecule has 0 bridgehead atoms. The smallest absolute Gasteiger partial charge is 0.456 e. The zero-order valence-electron chi connectivity index (χ0n) is 29.9. The highest BCUT2D eigenvalue weighted by Gasteiger charge is 2.48. The van der Waals surface area contributed by atoms with Crippen molar-refractivity contribution in [3.8, 4) is 16.9 Å². The number of nitrogens with zero attached hydrogens (tertiary/aromatic N) is 1. The Morgan fingerprint density at radius 3 is 2.03 bits per heavy atom. The van der Waals surface area contributed by atoms with Crippen molar-refractivity contribution in [3.05, 3.63) is 158 Å². The minimum Gasteiger partial charge on any atom is -0.456 e. The van der Waals surface area contributed by atoms with Gasteiger partial charge in [0.1, 0.15) is 22.5 Å². The third-order valence-electron chi connectivity index (χ3n) is 10.6. The number of halogens is 3. The molecule has 0 saturated heterocycles. The lowest BCUT2D eigenvalue weighted by atomic mass is 9.94. The van der Waals surface area contributed by atoms with E-state index in [4.69, 9.17) is 13.0 Å². The van der Waals surface area contributed by atoms with E-state index in [1.165, 1.54) is 21.5 Å². The van der Waals surface area contributed by atoms with E-state index in [1.54, 1.807) is 16.2 Å². The summed E-state index contributed by atoms with van der Waals surface area (Å²) in [6.07, 6.45) is 0. The molecule has 0 aliphatic heterocycles. The van der Waals surface area contributed by atoms with Gasteiger partial charge in [-0.3, -0.25) is 0 Å². The largest absolute Gasteiger partial charge is 0.534 e. The van der Waals surface area contributed by atoms with Crippen molar-refractivity contribution < 1.29 is 34.6 Å². The molecule has 0 saturated carbocycles. The molecule has 0 radical (unpaired) electrons. The first-order chi connectivity index (χ1) is 28.1. The summed E-state index contributed by atoms with van der Waals surface area (Å²) in [5.41, 5.74) is -0.369. The molecule has 11 heteroatoms. The van der Waals surface area contributed by atoms with Crippen molar-refractivity contribution in [2.75, 3.05) is 4.90 Å². The van der Waals surface area contributed by atoms with Crippen molar-refractivity contribution in [2.45, 2.75) is 5.51 Å². The van der Waals surface area contributed by atoms with Crippen LogP contribution >= 0.6 is 11.3 Å². The Bertz CT molecular complexity index is 3570. The highest BCUT2D eigenvalue weighted by atomic mass is 32.2. The Morgan fingerprint density at radius 2 is 1.22 bits per heavy atom. The number of thiophene rings is 1. The van der Waals surface area contributed by atoms with Gasteiger partial charge in [-0.2, -0.15) is 21.6 Å². The first-order valence-corrected chi connectivity index (χ1v) is 20.4. The van der Waals surface area contributed by atoms with Gasteiger partial charge in [-0.25, -0.2) is 0 Å².